The van der Waals surface area contributed by atoms with Gasteiger partial charge in [0.05, 0.1) is 6.10 Å². The average molecular weight is 272 g/mol. The zero-order valence-electron chi connectivity index (χ0n) is 12.2. The van der Waals surface area contributed by atoms with Gasteiger partial charge in [-0.1, -0.05) is 13.0 Å². The molecule has 2 nitrogen and oxygen atoms in total. The summed E-state index contributed by atoms with van der Waals surface area (Å²) in [6.45, 7) is 2.32. The number of fused-ring (bicyclic) bond motifs is 5. The Labute approximate surface area is 120 Å². The summed E-state index contributed by atoms with van der Waals surface area (Å²) in [6.07, 6.45) is 6.78. The molecule has 1 aromatic rings. The molecule has 0 amide bonds. The highest BCUT2D eigenvalue weighted by molar-refractivity contribution is 5.40. The molecule has 1 aromatic carbocycles. The molecule has 5 atom stereocenters. The first-order valence-corrected chi connectivity index (χ1v) is 8.09. The molecule has 0 spiro atoms. The summed E-state index contributed by atoms with van der Waals surface area (Å²) in [5, 5.41) is 20.0. The minimum atomic E-state index is -0.0883. The molecule has 2 heteroatoms. The van der Waals surface area contributed by atoms with Gasteiger partial charge in [0.2, 0.25) is 0 Å². The number of phenolic OH excluding ortho intramolecular Hbond substituents is 1. The first kappa shape index (κ1) is 12.7. The fourth-order valence-corrected chi connectivity index (χ4v) is 5.54. The second-order valence-electron chi connectivity index (χ2n) is 7.44. The van der Waals surface area contributed by atoms with Gasteiger partial charge in [0, 0.05) is 0 Å². The Morgan fingerprint density at radius 2 is 2.00 bits per heavy atom. The van der Waals surface area contributed by atoms with Crippen molar-refractivity contribution in [3.05, 3.63) is 29.3 Å². The van der Waals surface area contributed by atoms with Crippen molar-refractivity contribution in [1.82, 2.24) is 0 Å². The Balaban J connectivity index is 1.71. The highest BCUT2D eigenvalue weighted by atomic mass is 16.3. The van der Waals surface area contributed by atoms with Crippen LogP contribution in [0.3, 0.4) is 0 Å². The maximum Gasteiger partial charge on any atom is 0.115 e. The summed E-state index contributed by atoms with van der Waals surface area (Å²) in [5.74, 6) is 2.49. The van der Waals surface area contributed by atoms with Gasteiger partial charge in [-0.05, 0) is 85.0 Å². The Hall–Kier alpha value is -1.02. The summed E-state index contributed by atoms with van der Waals surface area (Å²) in [4.78, 5) is 0. The summed E-state index contributed by atoms with van der Waals surface area (Å²) in [5.41, 5.74) is 2.99. The van der Waals surface area contributed by atoms with Gasteiger partial charge in [-0.3, -0.25) is 0 Å². The molecule has 108 valence electrons. The predicted octanol–water partition coefficient (Wildman–Crippen LogP) is 3.61. The number of hydrogen-bond donors (Lipinski definition) is 2. The van der Waals surface area contributed by atoms with E-state index in [2.05, 4.69) is 13.0 Å². The molecule has 4 rings (SSSR count). The van der Waals surface area contributed by atoms with E-state index < -0.39 is 0 Å². The van der Waals surface area contributed by atoms with Crippen LogP contribution in [0, 0.1) is 17.3 Å². The average Bonchev–Trinajstić information content (AvgIpc) is 2.74. The van der Waals surface area contributed by atoms with Crippen LogP contribution in [0.15, 0.2) is 18.2 Å². The van der Waals surface area contributed by atoms with Crippen LogP contribution in [-0.4, -0.2) is 16.3 Å². The normalized spacial score (nSPS) is 42.7. The third-order valence-corrected chi connectivity index (χ3v) is 6.66. The number of benzene rings is 1. The topological polar surface area (TPSA) is 40.5 Å². The van der Waals surface area contributed by atoms with E-state index in [0.717, 1.165) is 25.2 Å². The molecule has 3 aliphatic carbocycles. The van der Waals surface area contributed by atoms with Gasteiger partial charge in [0.15, 0.2) is 0 Å². The van der Waals surface area contributed by atoms with Crippen LogP contribution in [0.5, 0.6) is 5.75 Å². The van der Waals surface area contributed by atoms with Gasteiger partial charge in [0.1, 0.15) is 5.75 Å². The first-order valence-electron chi connectivity index (χ1n) is 8.09. The van der Waals surface area contributed by atoms with Gasteiger partial charge in [0.25, 0.3) is 0 Å². The third-order valence-electron chi connectivity index (χ3n) is 6.66. The number of aromatic hydroxyl groups is 1. The number of phenols is 1. The molecular formula is C18H24O2. The number of aliphatic hydroxyl groups is 1. The molecule has 0 bridgehead atoms. The van der Waals surface area contributed by atoms with Crippen molar-refractivity contribution >= 4 is 0 Å². The number of aliphatic hydroxyl groups excluding tert-OH is 1. The Morgan fingerprint density at radius 1 is 1.15 bits per heavy atom. The number of aryl methyl sites for hydroxylation is 1. The Bertz CT molecular complexity index is 538. The molecule has 3 aliphatic rings. The van der Waals surface area contributed by atoms with Crippen LogP contribution in [0.4, 0.5) is 0 Å². The first-order chi connectivity index (χ1) is 9.59. The predicted molar refractivity (Wildman–Crippen MR) is 78.7 cm³/mol. The molecule has 20 heavy (non-hydrogen) atoms. The Kier molecular flexibility index (Phi) is 2.69. The van der Waals surface area contributed by atoms with Gasteiger partial charge in [-0.15, -0.1) is 0 Å². The van der Waals surface area contributed by atoms with E-state index in [-0.39, 0.29) is 11.5 Å². The minimum absolute atomic E-state index is 0.0883. The zero-order chi connectivity index (χ0) is 13.9. The lowest BCUT2D eigenvalue weighted by Gasteiger charge is -2.50. The maximum atomic E-state index is 10.4. The van der Waals surface area contributed by atoms with Gasteiger partial charge in [-0.25, -0.2) is 0 Å². The standard InChI is InChI=1S/C18H24O2/c1-18-9-8-14-13-5-3-12(19)10-11(13)2-4-15(14)16(18)6-7-17(18)20/h3,5,10,14-17,19-20H,2,4,6-9H2,1H3/t14-,15-,16-,17-,18+/m0/s1. The van der Waals surface area contributed by atoms with Crippen molar-refractivity contribution in [2.24, 2.45) is 17.3 Å². The van der Waals surface area contributed by atoms with Gasteiger partial charge in [-0.2, -0.15) is 0 Å². The largest absolute Gasteiger partial charge is 0.508 e. The highest BCUT2D eigenvalue weighted by Gasteiger charge is 2.54. The minimum Gasteiger partial charge on any atom is -0.508 e. The molecule has 2 saturated carbocycles. The van der Waals surface area contributed by atoms with Gasteiger partial charge < -0.3 is 10.2 Å². The van der Waals surface area contributed by atoms with Crippen molar-refractivity contribution in [2.75, 3.05) is 0 Å². The van der Waals surface area contributed by atoms with Gasteiger partial charge >= 0.3 is 0 Å². The lowest BCUT2D eigenvalue weighted by molar-refractivity contribution is -0.0226. The molecule has 0 aliphatic heterocycles. The Morgan fingerprint density at radius 3 is 2.85 bits per heavy atom. The van der Waals surface area contributed by atoms with Crippen molar-refractivity contribution in [1.29, 1.82) is 0 Å². The molecule has 2 fully saturated rings. The van der Waals surface area contributed by atoms with Crippen LogP contribution in [0.2, 0.25) is 0 Å². The molecule has 0 aromatic heterocycles. The van der Waals surface area contributed by atoms with E-state index in [0.29, 0.717) is 17.6 Å². The van der Waals surface area contributed by atoms with E-state index >= 15 is 0 Å². The van der Waals surface area contributed by atoms with Crippen molar-refractivity contribution in [3.63, 3.8) is 0 Å². The van der Waals surface area contributed by atoms with E-state index in [9.17, 15) is 10.2 Å². The van der Waals surface area contributed by atoms with Crippen LogP contribution in [0.25, 0.3) is 0 Å². The monoisotopic (exact) mass is 272 g/mol. The SMILES string of the molecule is C[C@@]12CC[C@H]3c4ccc(O)cc4CC[C@@H]3[C@@H]1CC[C@@H]2O. The number of rotatable bonds is 0. The summed E-state index contributed by atoms with van der Waals surface area (Å²) in [7, 11) is 0. The maximum absolute atomic E-state index is 10.4. The van der Waals surface area contributed by atoms with Crippen LogP contribution in [0.1, 0.15) is 56.1 Å². The van der Waals surface area contributed by atoms with Crippen molar-refractivity contribution < 1.29 is 10.2 Å². The summed E-state index contributed by atoms with van der Waals surface area (Å²) in [6, 6.07) is 5.96. The van der Waals surface area contributed by atoms with E-state index in [1.165, 1.54) is 30.4 Å². The second kappa shape index (κ2) is 4.24. The fourth-order valence-electron chi connectivity index (χ4n) is 5.54. The third kappa shape index (κ3) is 1.60. The summed E-state index contributed by atoms with van der Waals surface area (Å²) >= 11 is 0. The zero-order valence-corrected chi connectivity index (χ0v) is 12.2. The van der Waals surface area contributed by atoms with E-state index in [1.807, 2.05) is 12.1 Å². The lowest BCUT2D eigenvalue weighted by Crippen LogP contribution is -2.43. The lowest BCUT2D eigenvalue weighted by atomic mass is 9.55. The van der Waals surface area contributed by atoms with E-state index in [4.69, 9.17) is 0 Å². The summed E-state index contributed by atoms with van der Waals surface area (Å²) < 4.78 is 0. The quantitative estimate of drug-likeness (QED) is 0.757. The van der Waals surface area contributed by atoms with Crippen LogP contribution in [-0.2, 0) is 6.42 Å². The number of hydrogen-bond acceptors (Lipinski definition) is 2. The molecular weight excluding hydrogens is 248 g/mol. The highest BCUT2D eigenvalue weighted by Crippen LogP contribution is 2.60. The fraction of sp³-hybridized carbons (Fsp3) is 0.667. The van der Waals surface area contributed by atoms with Crippen LogP contribution >= 0.6 is 0 Å². The smallest absolute Gasteiger partial charge is 0.115 e. The van der Waals surface area contributed by atoms with Crippen molar-refractivity contribution in [2.45, 2.75) is 57.5 Å². The van der Waals surface area contributed by atoms with E-state index in [1.54, 1.807) is 0 Å². The molecule has 0 heterocycles. The molecule has 0 saturated heterocycles. The second-order valence-corrected chi connectivity index (χ2v) is 7.44. The van der Waals surface area contributed by atoms with Crippen LogP contribution < -0.4 is 0 Å². The molecule has 0 radical (unpaired) electrons. The molecule has 0 unspecified atom stereocenters. The molecule has 2 N–H and O–H groups in total. The van der Waals surface area contributed by atoms with Crippen molar-refractivity contribution in [3.8, 4) is 5.75 Å².